The van der Waals surface area contributed by atoms with Crippen molar-refractivity contribution < 1.29 is 4.74 Å². The Hall–Kier alpha value is -1.38. The fourth-order valence-corrected chi connectivity index (χ4v) is 2.02. The van der Waals surface area contributed by atoms with Crippen molar-refractivity contribution >= 4 is 10.8 Å². The van der Waals surface area contributed by atoms with E-state index in [0.717, 1.165) is 13.2 Å². The molecule has 0 saturated heterocycles. The standard InChI is InChI=1S/C16H21NO/c1-13(2)17-10-11-18-12-15-8-5-7-14-6-3-4-9-16(14)15/h3-9,13,17H,10-12H2,1-2H3. The summed E-state index contributed by atoms with van der Waals surface area (Å²) in [7, 11) is 0. The van der Waals surface area contributed by atoms with Gasteiger partial charge in [0.05, 0.1) is 13.2 Å². The van der Waals surface area contributed by atoms with Gasteiger partial charge >= 0.3 is 0 Å². The predicted octanol–water partition coefficient (Wildman–Crippen LogP) is 3.35. The van der Waals surface area contributed by atoms with Crippen molar-refractivity contribution in [1.29, 1.82) is 0 Å². The van der Waals surface area contributed by atoms with Crippen LogP contribution in [0.4, 0.5) is 0 Å². The van der Waals surface area contributed by atoms with Crippen molar-refractivity contribution in [2.75, 3.05) is 13.2 Å². The molecule has 1 N–H and O–H groups in total. The van der Waals surface area contributed by atoms with Crippen molar-refractivity contribution in [2.45, 2.75) is 26.5 Å². The molecule has 0 aliphatic carbocycles. The predicted molar refractivity (Wildman–Crippen MR) is 76.7 cm³/mol. The molecule has 0 saturated carbocycles. The van der Waals surface area contributed by atoms with E-state index in [2.05, 4.69) is 61.6 Å². The maximum Gasteiger partial charge on any atom is 0.0723 e. The van der Waals surface area contributed by atoms with E-state index in [9.17, 15) is 0 Å². The van der Waals surface area contributed by atoms with E-state index >= 15 is 0 Å². The van der Waals surface area contributed by atoms with E-state index in [1.165, 1.54) is 16.3 Å². The molecule has 2 heteroatoms. The number of hydrogen-bond acceptors (Lipinski definition) is 2. The van der Waals surface area contributed by atoms with E-state index in [0.29, 0.717) is 12.6 Å². The molecule has 96 valence electrons. The highest BCUT2D eigenvalue weighted by Gasteiger charge is 2.00. The van der Waals surface area contributed by atoms with Crippen LogP contribution in [-0.4, -0.2) is 19.2 Å². The molecule has 0 aromatic heterocycles. The molecule has 2 rings (SSSR count). The molecule has 2 aromatic carbocycles. The molecule has 0 amide bonds. The quantitative estimate of drug-likeness (QED) is 0.786. The van der Waals surface area contributed by atoms with Crippen LogP contribution >= 0.6 is 0 Å². The Morgan fingerprint density at radius 1 is 1.06 bits per heavy atom. The van der Waals surface area contributed by atoms with Gasteiger partial charge in [0.1, 0.15) is 0 Å². The van der Waals surface area contributed by atoms with Crippen LogP contribution in [0.3, 0.4) is 0 Å². The lowest BCUT2D eigenvalue weighted by Gasteiger charge is -2.10. The zero-order chi connectivity index (χ0) is 12.8. The van der Waals surface area contributed by atoms with Crippen LogP contribution in [0.2, 0.25) is 0 Å². The van der Waals surface area contributed by atoms with E-state index in [4.69, 9.17) is 4.74 Å². The molecule has 0 atom stereocenters. The maximum absolute atomic E-state index is 5.72. The molecule has 0 aliphatic heterocycles. The monoisotopic (exact) mass is 243 g/mol. The highest BCUT2D eigenvalue weighted by Crippen LogP contribution is 2.18. The highest BCUT2D eigenvalue weighted by molar-refractivity contribution is 5.85. The van der Waals surface area contributed by atoms with Crippen LogP contribution in [0.5, 0.6) is 0 Å². The highest BCUT2D eigenvalue weighted by atomic mass is 16.5. The lowest BCUT2D eigenvalue weighted by molar-refractivity contribution is 0.122. The Kier molecular flexibility index (Phi) is 4.73. The Labute approximate surface area is 109 Å². The SMILES string of the molecule is CC(C)NCCOCc1cccc2ccccc12. The van der Waals surface area contributed by atoms with Gasteiger partial charge in [0.2, 0.25) is 0 Å². The van der Waals surface area contributed by atoms with Gasteiger partial charge in [0, 0.05) is 12.6 Å². The Morgan fingerprint density at radius 3 is 2.67 bits per heavy atom. The minimum Gasteiger partial charge on any atom is -0.375 e. The molecular formula is C16H21NO. The second-order valence-corrected chi connectivity index (χ2v) is 4.80. The van der Waals surface area contributed by atoms with Crippen LogP contribution in [0.1, 0.15) is 19.4 Å². The summed E-state index contributed by atoms with van der Waals surface area (Å²) in [6, 6.07) is 15.3. The van der Waals surface area contributed by atoms with Crippen molar-refractivity contribution in [3.8, 4) is 0 Å². The van der Waals surface area contributed by atoms with Crippen molar-refractivity contribution in [2.24, 2.45) is 0 Å². The van der Waals surface area contributed by atoms with Gasteiger partial charge in [0.15, 0.2) is 0 Å². The summed E-state index contributed by atoms with van der Waals surface area (Å²) < 4.78 is 5.72. The molecule has 0 bridgehead atoms. The lowest BCUT2D eigenvalue weighted by atomic mass is 10.1. The van der Waals surface area contributed by atoms with Gasteiger partial charge in [-0.15, -0.1) is 0 Å². The Morgan fingerprint density at radius 2 is 1.83 bits per heavy atom. The molecule has 2 nitrogen and oxygen atoms in total. The largest absolute Gasteiger partial charge is 0.375 e. The van der Waals surface area contributed by atoms with Gasteiger partial charge in [-0.1, -0.05) is 56.3 Å². The smallest absolute Gasteiger partial charge is 0.0723 e. The lowest BCUT2D eigenvalue weighted by Crippen LogP contribution is -2.26. The van der Waals surface area contributed by atoms with Crippen molar-refractivity contribution in [3.63, 3.8) is 0 Å². The van der Waals surface area contributed by atoms with E-state index in [1.807, 2.05) is 0 Å². The van der Waals surface area contributed by atoms with E-state index in [-0.39, 0.29) is 0 Å². The summed E-state index contributed by atoms with van der Waals surface area (Å²) in [6.07, 6.45) is 0. The van der Waals surface area contributed by atoms with Crippen LogP contribution in [0.25, 0.3) is 10.8 Å². The van der Waals surface area contributed by atoms with Gasteiger partial charge in [0.25, 0.3) is 0 Å². The molecular weight excluding hydrogens is 222 g/mol. The molecule has 0 radical (unpaired) electrons. The van der Waals surface area contributed by atoms with Gasteiger partial charge in [-0.3, -0.25) is 0 Å². The number of ether oxygens (including phenoxy) is 1. The van der Waals surface area contributed by atoms with Crippen LogP contribution in [-0.2, 0) is 11.3 Å². The second-order valence-electron chi connectivity index (χ2n) is 4.80. The van der Waals surface area contributed by atoms with Crippen molar-refractivity contribution in [3.05, 3.63) is 48.0 Å². The molecule has 2 aromatic rings. The van der Waals surface area contributed by atoms with Gasteiger partial charge in [-0.25, -0.2) is 0 Å². The summed E-state index contributed by atoms with van der Waals surface area (Å²) in [5, 5.41) is 5.91. The molecule has 0 spiro atoms. The van der Waals surface area contributed by atoms with Gasteiger partial charge < -0.3 is 10.1 Å². The van der Waals surface area contributed by atoms with Crippen molar-refractivity contribution in [1.82, 2.24) is 5.32 Å². The minimum atomic E-state index is 0.520. The Balaban J connectivity index is 1.91. The number of benzene rings is 2. The summed E-state index contributed by atoms with van der Waals surface area (Å²) >= 11 is 0. The maximum atomic E-state index is 5.72. The zero-order valence-electron chi connectivity index (χ0n) is 11.1. The summed E-state index contributed by atoms with van der Waals surface area (Å²) in [4.78, 5) is 0. The first-order valence-electron chi connectivity index (χ1n) is 6.55. The number of nitrogens with one attached hydrogen (secondary N) is 1. The topological polar surface area (TPSA) is 21.3 Å². The third-order valence-corrected chi connectivity index (χ3v) is 2.94. The zero-order valence-corrected chi connectivity index (χ0v) is 11.1. The third kappa shape index (κ3) is 3.56. The van der Waals surface area contributed by atoms with Gasteiger partial charge in [-0.05, 0) is 16.3 Å². The first-order valence-corrected chi connectivity index (χ1v) is 6.55. The number of rotatable bonds is 6. The fourth-order valence-electron chi connectivity index (χ4n) is 2.02. The summed E-state index contributed by atoms with van der Waals surface area (Å²) in [5.41, 5.74) is 1.26. The minimum absolute atomic E-state index is 0.520. The van der Waals surface area contributed by atoms with Crippen LogP contribution in [0.15, 0.2) is 42.5 Å². The molecule has 0 heterocycles. The molecule has 0 aliphatic rings. The molecule has 0 fully saturated rings. The third-order valence-electron chi connectivity index (χ3n) is 2.94. The second kappa shape index (κ2) is 6.53. The first-order chi connectivity index (χ1) is 8.77. The van der Waals surface area contributed by atoms with Gasteiger partial charge in [-0.2, -0.15) is 0 Å². The van der Waals surface area contributed by atoms with E-state index in [1.54, 1.807) is 0 Å². The molecule has 18 heavy (non-hydrogen) atoms. The first kappa shape index (κ1) is 13.1. The molecule has 0 unspecified atom stereocenters. The number of fused-ring (bicyclic) bond motifs is 1. The van der Waals surface area contributed by atoms with Crippen LogP contribution in [0, 0.1) is 0 Å². The van der Waals surface area contributed by atoms with E-state index < -0.39 is 0 Å². The average molecular weight is 243 g/mol. The summed E-state index contributed by atoms with van der Waals surface area (Å²) in [6.45, 7) is 6.63. The summed E-state index contributed by atoms with van der Waals surface area (Å²) in [5.74, 6) is 0. The number of hydrogen-bond donors (Lipinski definition) is 1. The fraction of sp³-hybridized carbons (Fsp3) is 0.375. The average Bonchev–Trinajstić information content (AvgIpc) is 2.38. The normalized spacial score (nSPS) is 11.3. The van der Waals surface area contributed by atoms with Crippen LogP contribution < -0.4 is 5.32 Å². The Bertz CT molecular complexity index is 488.